The molecule has 0 bridgehead atoms. The van der Waals surface area contributed by atoms with Crippen molar-refractivity contribution in [3.63, 3.8) is 0 Å². The molecule has 12 heteroatoms. The quantitative estimate of drug-likeness (QED) is 0.467. The summed E-state index contributed by atoms with van der Waals surface area (Å²) >= 11 is 0. The summed E-state index contributed by atoms with van der Waals surface area (Å²) in [5.74, 6) is -0.615. The highest BCUT2D eigenvalue weighted by Gasteiger charge is 2.32. The van der Waals surface area contributed by atoms with E-state index in [2.05, 4.69) is 0 Å². The van der Waals surface area contributed by atoms with Crippen LogP contribution in [0, 0.1) is 21.4 Å². The number of rotatable bonds is 4. The van der Waals surface area contributed by atoms with Crippen LogP contribution in [0.4, 0.5) is 18.9 Å². The Bertz CT molecular complexity index is 964. The standard InChI is InChI=1S/C14H8F3N2O6P/c15-14(16,17)9-1-4-12(8(5-9)7-18)25-10-2-3-11(19(20)21)13(6-10)26(22,23)24/h1-6H,(H2,22,23,24). The van der Waals surface area contributed by atoms with E-state index in [1.807, 2.05) is 0 Å². The van der Waals surface area contributed by atoms with Gasteiger partial charge in [-0.1, -0.05) is 0 Å². The zero-order chi connectivity index (χ0) is 19.7. The molecular weight excluding hydrogens is 380 g/mol. The van der Waals surface area contributed by atoms with Gasteiger partial charge in [0.2, 0.25) is 0 Å². The van der Waals surface area contributed by atoms with Crippen LogP contribution in [0.5, 0.6) is 11.5 Å². The maximum absolute atomic E-state index is 12.7. The van der Waals surface area contributed by atoms with Gasteiger partial charge in [0.15, 0.2) is 0 Å². The monoisotopic (exact) mass is 388 g/mol. The summed E-state index contributed by atoms with van der Waals surface area (Å²) < 4.78 is 54.6. The van der Waals surface area contributed by atoms with E-state index in [1.54, 1.807) is 0 Å². The Morgan fingerprint density at radius 2 is 1.85 bits per heavy atom. The molecule has 0 fully saturated rings. The molecule has 136 valence electrons. The van der Waals surface area contributed by atoms with E-state index in [0.29, 0.717) is 18.2 Å². The van der Waals surface area contributed by atoms with Crippen LogP contribution in [0.25, 0.3) is 0 Å². The van der Waals surface area contributed by atoms with E-state index in [9.17, 15) is 37.6 Å². The number of nitro groups is 1. The average Bonchev–Trinajstić information content (AvgIpc) is 2.53. The summed E-state index contributed by atoms with van der Waals surface area (Å²) in [4.78, 5) is 28.3. The molecule has 26 heavy (non-hydrogen) atoms. The van der Waals surface area contributed by atoms with Gasteiger partial charge in [-0.05, 0) is 24.3 Å². The third-order valence-electron chi connectivity index (χ3n) is 3.11. The van der Waals surface area contributed by atoms with Crippen LogP contribution in [-0.2, 0) is 10.7 Å². The molecule has 0 aliphatic carbocycles. The normalized spacial score (nSPS) is 11.7. The molecule has 0 unspecified atom stereocenters. The highest BCUT2D eigenvalue weighted by atomic mass is 31.2. The van der Waals surface area contributed by atoms with Gasteiger partial charge in [0.05, 0.1) is 16.1 Å². The molecule has 0 saturated carbocycles. The van der Waals surface area contributed by atoms with E-state index >= 15 is 0 Å². The van der Waals surface area contributed by atoms with Crippen LogP contribution >= 0.6 is 7.60 Å². The van der Waals surface area contributed by atoms with Crippen molar-refractivity contribution in [1.82, 2.24) is 0 Å². The molecule has 2 rings (SSSR count). The zero-order valence-corrected chi connectivity index (χ0v) is 13.4. The van der Waals surface area contributed by atoms with Crippen LogP contribution in [0.1, 0.15) is 11.1 Å². The number of nitriles is 1. The largest absolute Gasteiger partial charge is 0.456 e. The maximum Gasteiger partial charge on any atom is 0.416 e. The lowest BCUT2D eigenvalue weighted by atomic mass is 10.1. The summed E-state index contributed by atoms with van der Waals surface area (Å²) in [6, 6.07) is 6.05. The van der Waals surface area contributed by atoms with Crippen LogP contribution in [0.3, 0.4) is 0 Å². The highest BCUT2D eigenvalue weighted by molar-refractivity contribution is 7.60. The minimum atomic E-state index is -5.03. The van der Waals surface area contributed by atoms with Gasteiger partial charge < -0.3 is 14.5 Å². The van der Waals surface area contributed by atoms with Gasteiger partial charge in [0.25, 0.3) is 5.69 Å². The molecule has 0 heterocycles. The van der Waals surface area contributed by atoms with Crippen molar-refractivity contribution in [2.75, 3.05) is 0 Å². The van der Waals surface area contributed by atoms with Gasteiger partial charge in [0, 0.05) is 12.1 Å². The molecule has 8 nitrogen and oxygen atoms in total. The number of benzene rings is 2. The van der Waals surface area contributed by atoms with Gasteiger partial charge in [0.1, 0.15) is 22.9 Å². The Balaban J connectivity index is 2.48. The number of halogens is 3. The second kappa shape index (κ2) is 6.76. The van der Waals surface area contributed by atoms with Gasteiger partial charge in [-0.25, -0.2) is 0 Å². The first-order valence-corrected chi connectivity index (χ1v) is 8.18. The molecule has 2 aromatic rings. The first kappa shape index (κ1) is 19.4. The molecule has 2 aromatic carbocycles. The van der Waals surface area contributed by atoms with Crippen molar-refractivity contribution in [3.8, 4) is 17.6 Å². The number of hydrogen-bond acceptors (Lipinski definition) is 5. The summed E-state index contributed by atoms with van der Waals surface area (Å²) in [6.07, 6.45) is -4.68. The Labute approximate surface area is 143 Å². The predicted octanol–water partition coefficient (Wildman–Crippen LogP) is 3.08. The molecule has 0 aliphatic heterocycles. The lowest BCUT2D eigenvalue weighted by molar-refractivity contribution is -0.383. The maximum atomic E-state index is 12.7. The van der Waals surface area contributed by atoms with E-state index in [-0.39, 0.29) is 11.5 Å². The fourth-order valence-electron chi connectivity index (χ4n) is 1.96. The fourth-order valence-corrected chi connectivity index (χ4v) is 2.71. The molecular formula is C14H8F3N2O6P. The third-order valence-corrected chi connectivity index (χ3v) is 4.10. The Kier molecular flexibility index (Phi) is 5.04. The number of nitrogens with zero attached hydrogens (tertiary/aromatic N) is 2. The summed E-state index contributed by atoms with van der Waals surface area (Å²) in [7, 11) is -5.03. The number of ether oxygens (including phenoxy) is 1. The van der Waals surface area contributed by atoms with Crippen molar-refractivity contribution in [1.29, 1.82) is 5.26 Å². The van der Waals surface area contributed by atoms with Gasteiger partial charge in [-0.3, -0.25) is 14.7 Å². The van der Waals surface area contributed by atoms with Crippen molar-refractivity contribution in [3.05, 3.63) is 57.6 Å². The summed E-state index contributed by atoms with van der Waals surface area (Å²) in [6.45, 7) is 0. The lowest BCUT2D eigenvalue weighted by Gasteiger charge is -2.12. The van der Waals surface area contributed by atoms with E-state index < -0.39 is 40.8 Å². The van der Waals surface area contributed by atoms with Crippen molar-refractivity contribution in [2.24, 2.45) is 0 Å². The molecule has 0 atom stereocenters. The van der Waals surface area contributed by atoms with E-state index in [1.165, 1.54) is 6.07 Å². The van der Waals surface area contributed by atoms with Crippen LogP contribution < -0.4 is 10.0 Å². The SMILES string of the molecule is N#Cc1cc(C(F)(F)F)ccc1Oc1ccc([N+](=O)[O-])c(P(=O)(O)O)c1. The molecule has 0 amide bonds. The van der Waals surface area contributed by atoms with Crippen molar-refractivity contribution >= 4 is 18.6 Å². The average molecular weight is 388 g/mol. The molecule has 0 radical (unpaired) electrons. The van der Waals surface area contributed by atoms with Crippen molar-refractivity contribution < 1.29 is 37.2 Å². The molecule has 0 aromatic heterocycles. The minimum Gasteiger partial charge on any atom is -0.456 e. The molecule has 0 aliphatic rings. The topological polar surface area (TPSA) is 134 Å². The van der Waals surface area contributed by atoms with Gasteiger partial charge in [-0.2, -0.15) is 18.4 Å². The second-order valence-corrected chi connectivity index (χ2v) is 6.44. The Morgan fingerprint density at radius 1 is 1.19 bits per heavy atom. The minimum absolute atomic E-state index is 0.301. The zero-order valence-electron chi connectivity index (χ0n) is 12.5. The van der Waals surface area contributed by atoms with Crippen LogP contribution in [0.2, 0.25) is 0 Å². The molecule has 2 N–H and O–H groups in total. The smallest absolute Gasteiger partial charge is 0.416 e. The molecule has 0 saturated heterocycles. The van der Waals surface area contributed by atoms with Crippen LogP contribution in [-0.4, -0.2) is 14.7 Å². The number of nitro benzene ring substituents is 1. The van der Waals surface area contributed by atoms with Gasteiger partial charge >= 0.3 is 13.8 Å². The Hall–Kier alpha value is -2.93. The third kappa shape index (κ3) is 4.18. The fraction of sp³-hybridized carbons (Fsp3) is 0.0714. The highest BCUT2D eigenvalue weighted by Crippen LogP contribution is 2.40. The lowest BCUT2D eigenvalue weighted by Crippen LogP contribution is -2.10. The summed E-state index contributed by atoms with van der Waals surface area (Å²) in [5.41, 5.74) is -2.41. The first-order valence-electron chi connectivity index (χ1n) is 6.57. The number of alkyl halides is 3. The number of hydrogen-bond donors (Lipinski definition) is 2. The van der Waals surface area contributed by atoms with Crippen LogP contribution in [0.15, 0.2) is 36.4 Å². The summed E-state index contributed by atoms with van der Waals surface area (Å²) in [5, 5.41) is 18.9. The first-order chi connectivity index (χ1) is 11.9. The second-order valence-electron chi connectivity index (χ2n) is 4.87. The predicted molar refractivity (Wildman–Crippen MR) is 81.0 cm³/mol. The molecule has 0 spiro atoms. The van der Waals surface area contributed by atoms with E-state index in [4.69, 9.17) is 10.00 Å². The Morgan fingerprint density at radius 3 is 2.35 bits per heavy atom. The van der Waals surface area contributed by atoms with E-state index in [0.717, 1.165) is 18.2 Å². The van der Waals surface area contributed by atoms with Gasteiger partial charge in [-0.15, -0.1) is 0 Å². The van der Waals surface area contributed by atoms with Crippen molar-refractivity contribution in [2.45, 2.75) is 6.18 Å².